The average molecular weight is 371 g/mol. The normalized spacial score (nSPS) is 10.5. The summed E-state index contributed by atoms with van der Waals surface area (Å²) in [6.45, 7) is 0.317. The van der Waals surface area contributed by atoms with Gasteiger partial charge >= 0.3 is 0 Å². The van der Waals surface area contributed by atoms with E-state index in [0.717, 1.165) is 11.3 Å². The summed E-state index contributed by atoms with van der Waals surface area (Å²) in [4.78, 5) is 21.0. The number of aromatic hydroxyl groups is 2. The number of benzene rings is 1. The van der Waals surface area contributed by atoms with Crippen LogP contribution in [0.3, 0.4) is 0 Å². The Morgan fingerprint density at radius 2 is 2.00 bits per heavy atom. The van der Waals surface area contributed by atoms with E-state index >= 15 is 0 Å². The summed E-state index contributed by atoms with van der Waals surface area (Å²) in [7, 11) is 1.59. The first kappa shape index (κ1) is 17.7. The molecule has 134 valence electrons. The van der Waals surface area contributed by atoms with Crippen molar-refractivity contribution < 1.29 is 19.7 Å². The van der Waals surface area contributed by atoms with Crippen molar-refractivity contribution in [1.29, 1.82) is 0 Å². The molecule has 0 atom stereocenters. The van der Waals surface area contributed by atoms with Gasteiger partial charge < -0.3 is 20.3 Å². The molecule has 26 heavy (non-hydrogen) atoms. The quantitative estimate of drug-likeness (QED) is 0.615. The largest absolute Gasteiger partial charge is 0.501 e. The fourth-order valence-corrected chi connectivity index (χ4v) is 3.08. The fourth-order valence-electron chi connectivity index (χ4n) is 2.42. The van der Waals surface area contributed by atoms with Crippen molar-refractivity contribution in [3.05, 3.63) is 53.0 Å². The van der Waals surface area contributed by atoms with Crippen LogP contribution in [-0.2, 0) is 6.42 Å². The summed E-state index contributed by atoms with van der Waals surface area (Å²) in [6, 6.07) is 11.1. The van der Waals surface area contributed by atoms with E-state index in [1.165, 1.54) is 11.3 Å². The highest BCUT2D eigenvalue weighted by molar-refractivity contribution is 7.13. The van der Waals surface area contributed by atoms with Gasteiger partial charge in [-0.15, -0.1) is 11.3 Å². The van der Waals surface area contributed by atoms with Crippen molar-refractivity contribution in [1.82, 2.24) is 15.3 Å². The van der Waals surface area contributed by atoms with Crippen molar-refractivity contribution in [2.24, 2.45) is 0 Å². The number of aromatic nitrogens is 2. The van der Waals surface area contributed by atoms with Crippen molar-refractivity contribution in [2.45, 2.75) is 6.42 Å². The van der Waals surface area contributed by atoms with Crippen LogP contribution >= 0.6 is 11.3 Å². The number of rotatable bonds is 6. The van der Waals surface area contributed by atoms with Crippen LogP contribution in [-0.4, -0.2) is 39.7 Å². The molecular formula is C18H17N3O4S. The number of hydrogen-bond donors (Lipinski definition) is 3. The van der Waals surface area contributed by atoms with Gasteiger partial charge in [0, 0.05) is 6.54 Å². The highest BCUT2D eigenvalue weighted by atomic mass is 32.1. The molecule has 1 amide bonds. The topological polar surface area (TPSA) is 105 Å². The zero-order chi connectivity index (χ0) is 18.5. The van der Waals surface area contributed by atoms with E-state index < -0.39 is 17.5 Å². The number of ether oxygens (including phenoxy) is 1. The molecule has 7 nitrogen and oxygen atoms in total. The van der Waals surface area contributed by atoms with Gasteiger partial charge in [0.1, 0.15) is 5.75 Å². The van der Waals surface area contributed by atoms with Crippen LogP contribution in [0, 0.1) is 0 Å². The van der Waals surface area contributed by atoms with Crippen LogP contribution in [0.5, 0.6) is 17.4 Å². The lowest BCUT2D eigenvalue weighted by Gasteiger charge is -2.10. The Morgan fingerprint density at radius 3 is 2.73 bits per heavy atom. The monoisotopic (exact) mass is 371 g/mol. The SMILES string of the molecule is COc1ccccc1CCNC(=O)c1nc(-c2cccs2)nc(O)c1O. The Balaban J connectivity index is 1.73. The van der Waals surface area contributed by atoms with Gasteiger partial charge in [-0.2, -0.15) is 4.98 Å². The predicted molar refractivity (Wildman–Crippen MR) is 97.7 cm³/mol. The van der Waals surface area contributed by atoms with Crippen LogP contribution in [0.2, 0.25) is 0 Å². The smallest absolute Gasteiger partial charge is 0.274 e. The summed E-state index contributed by atoms with van der Waals surface area (Å²) >= 11 is 1.37. The zero-order valence-corrected chi connectivity index (χ0v) is 14.8. The Morgan fingerprint density at radius 1 is 1.19 bits per heavy atom. The average Bonchev–Trinajstić information content (AvgIpc) is 3.19. The van der Waals surface area contributed by atoms with E-state index in [9.17, 15) is 15.0 Å². The third-order valence-corrected chi connectivity index (χ3v) is 4.56. The Hall–Kier alpha value is -3.13. The maximum absolute atomic E-state index is 12.4. The Kier molecular flexibility index (Phi) is 5.33. The number of amides is 1. The summed E-state index contributed by atoms with van der Waals surface area (Å²) in [5.74, 6) is -0.930. The summed E-state index contributed by atoms with van der Waals surface area (Å²) < 4.78 is 5.27. The summed E-state index contributed by atoms with van der Waals surface area (Å²) in [5, 5.41) is 24.3. The van der Waals surface area contributed by atoms with Crippen molar-refractivity contribution in [3.8, 4) is 28.1 Å². The van der Waals surface area contributed by atoms with Crippen molar-refractivity contribution >= 4 is 17.2 Å². The second-order valence-corrected chi connectivity index (χ2v) is 6.31. The summed E-state index contributed by atoms with van der Waals surface area (Å²) in [6.07, 6.45) is 0.547. The van der Waals surface area contributed by atoms with E-state index in [1.807, 2.05) is 29.6 Å². The van der Waals surface area contributed by atoms with E-state index in [4.69, 9.17) is 4.74 Å². The molecule has 0 radical (unpaired) electrons. The summed E-state index contributed by atoms with van der Waals surface area (Å²) in [5.41, 5.74) is 0.685. The number of hydrogen-bond acceptors (Lipinski definition) is 7. The van der Waals surface area contributed by atoms with Gasteiger partial charge in [-0.05, 0) is 29.5 Å². The number of thiophene rings is 1. The minimum Gasteiger partial charge on any atom is -0.501 e. The third-order valence-electron chi connectivity index (χ3n) is 3.69. The van der Waals surface area contributed by atoms with Crippen LogP contribution < -0.4 is 10.1 Å². The van der Waals surface area contributed by atoms with Crippen LogP contribution in [0.15, 0.2) is 41.8 Å². The Bertz CT molecular complexity index is 913. The van der Waals surface area contributed by atoms with Gasteiger partial charge in [-0.25, -0.2) is 4.98 Å². The molecule has 0 saturated heterocycles. The molecule has 2 aromatic heterocycles. The number of para-hydroxylation sites is 1. The van der Waals surface area contributed by atoms with E-state index in [0.29, 0.717) is 17.8 Å². The lowest BCUT2D eigenvalue weighted by molar-refractivity contribution is 0.0945. The number of carbonyl (C=O) groups is 1. The first-order chi connectivity index (χ1) is 12.6. The van der Waals surface area contributed by atoms with Gasteiger partial charge in [-0.1, -0.05) is 24.3 Å². The van der Waals surface area contributed by atoms with E-state index in [2.05, 4.69) is 15.3 Å². The van der Waals surface area contributed by atoms with Crippen molar-refractivity contribution in [2.75, 3.05) is 13.7 Å². The highest BCUT2D eigenvalue weighted by Gasteiger charge is 2.20. The highest BCUT2D eigenvalue weighted by Crippen LogP contribution is 2.30. The second kappa shape index (κ2) is 7.83. The van der Waals surface area contributed by atoms with Gasteiger partial charge in [-0.3, -0.25) is 4.79 Å². The van der Waals surface area contributed by atoms with Crippen LogP contribution in [0.4, 0.5) is 0 Å². The molecule has 0 aliphatic carbocycles. The molecule has 8 heteroatoms. The minimum absolute atomic E-state index is 0.185. The third kappa shape index (κ3) is 3.75. The minimum atomic E-state index is -0.639. The molecule has 0 spiro atoms. The molecule has 0 fully saturated rings. The first-order valence-corrected chi connectivity index (χ1v) is 8.72. The maximum Gasteiger partial charge on any atom is 0.274 e. The number of nitrogens with zero attached hydrogens (tertiary/aromatic N) is 2. The van der Waals surface area contributed by atoms with Gasteiger partial charge in [0.05, 0.1) is 12.0 Å². The van der Waals surface area contributed by atoms with Gasteiger partial charge in [0.2, 0.25) is 5.75 Å². The van der Waals surface area contributed by atoms with Crippen LogP contribution in [0.1, 0.15) is 16.1 Å². The molecule has 3 rings (SSSR count). The standard InChI is InChI=1S/C18H17N3O4S/c1-25-12-6-3-2-5-11(12)8-9-19-17(23)14-15(22)18(24)21-16(20-14)13-7-4-10-26-13/h2-7,10,22H,8-9H2,1H3,(H,19,23)(H,20,21,24). The molecule has 0 saturated carbocycles. The molecular weight excluding hydrogens is 354 g/mol. The lowest BCUT2D eigenvalue weighted by atomic mass is 10.1. The second-order valence-electron chi connectivity index (χ2n) is 5.36. The molecule has 3 N–H and O–H groups in total. The number of methoxy groups -OCH3 is 1. The molecule has 0 bridgehead atoms. The van der Waals surface area contributed by atoms with Gasteiger partial charge in [0.25, 0.3) is 11.8 Å². The molecule has 0 unspecified atom stereocenters. The van der Waals surface area contributed by atoms with Crippen LogP contribution in [0.25, 0.3) is 10.7 Å². The number of carbonyl (C=O) groups excluding carboxylic acids is 1. The molecule has 0 aliphatic rings. The first-order valence-electron chi connectivity index (χ1n) is 7.84. The molecule has 3 aromatic rings. The van der Waals surface area contributed by atoms with E-state index in [-0.39, 0.29) is 11.5 Å². The van der Waals surface area contributed by atoms with E-state index in [1.54, 1.807) is 19.2 Å². The maximum atomic E-state index is 12.4. The van der Waals surface area contributed by atoms with Gasteiger partial charge in [0.15, 0.2) is 11.5 Å². The zero-order valence-electron chi connectivity index (χ0n) is 14.0. The van der Waals surface area contributed by atoms with Crippen molar-refractivity contribution in [3.63, 3.8) is 0 Å². The predicted octanol–water partition coefficient (Wildman–Crippen LogP) is 2.60. The lowest BCUT2D eigenvalue weighted by Crippen LogP contribution is -2.27. The molecule has 2 heterocycles. The molecule has 0 aliphatic heterocycles. The fraction of sp³-hybridized carbons (Fsp3) is 0.167. The number of nitrogens with one attached hydrogen (secondary N) is 1. The Labute approximate surface area is 153 Å². The molecule has 1 aromatic carbocycles.